The van der Waals surface area contributed by atoms with Crippen molar-refractivity contribution < 1.29 is 13.2 Å². The second-order valence-corrected chi connectivity index (χ2v) is 14.5. The third kappa shape index (κ3) is 5.82. The van der Waals surface area contributed by atoms with Crippen LogP contribution in [0, 0.1) is 0 Å². The SMILES string of the molecule is CC[C@H](C)N(CC(=O)N1CCc2sccc2[C@@H]1c1ccc(C(C)(C)C)cc1)S(=O)(=O)c1cc(Cl)ccc1Cl. The van der Waals surface area contributed by atoms with E-state index in [0.717, 1.165) is 17.5 Å². The summed E-state index contributed by atoms with van der Waals surface area (Å²) in [7, 11) is -4.08. The Balaban J connectivity index is 1.71. The summed E-state index contributed by atoms with van der Waals surface area (Å²) in [5, 5.41) is 2.41. The summed E-state index contributed by atoms with van der Waals surface area (Å²) in [6, 6.07) is 14.2. The molecule has 3 aromatic rings. The molecule has 0 fully saturated rings. The molecule has 2 heterocycles. The van der Waals surface area contributed by atoms with Gasteiger partial charge in [0, 0.05) is 22.5 Å². The predicted molar refractivity (Wildman–Crippen MR) is 157 cm³/mol. The Morgan fingerprint density at radius 3 is 2.45 bits per heavy atom. The van der Waals surface area contributed by atoms with E-state index in [2.05, 4.69) is 56.5 Å². The minimum atomic E-state index is -4.08. The van der Waals surface area contributed by atoms with Crippen LogP contribution in [0.2, 0.25) is 10.0 Å². The molecule has 9 heteroatoms. The lowest BCUT2D eigenvalue weighted by molar-refractivity contribution is -0.133. The fraction of sp³-hybridized carbons (Fsp3) is 0.414. The molecule has 4 rings (SSSR count). The molecule has 2 aromatic carbocycles. The zero-order valence-electron chi connectivity index (χ0n) is 22.4. The van der Waals surface area contributed by atoms with Crippen LogP contribution in [0.4, 0.5) is 0 Å². The Kier molecular flexibility index (Phi) is 8.65. The van der Waals surface area contributed by atoms with Crippen molar-refractivity contribution in [3.05, 3.63) is 85.5 Å². The molecule has 5 nitrogen and oxygen atoms in total. The summed E-state index contributed by atoms with van der Waals surface area (Å²) >= 11 is 14.1. The normalized spacial score (nSPS) is 16.9. The first-order chi connectivity index (χ1) is 17.8. The average Bonchev–Trinajstić information content (AvgIpc) is 3.36. The van der Waals surface area contributed by atoms with Gasteiger partial charge in [0.2, 0.25) is 15.9 Å². The number of amides is 1. The van der Waals surface area contributed by atoms with Gasteiger partial charge in [-0.05, 0) is 71.5 Å². The van der Waals surface area contributed by atoms with E-state index in [4.69, 9.17) is 23.2 Å². The van der Waals surface area contributed by atoms with Crippen molar-refractivity contribution in [2.45, 2.75) is 69.9 Å². The predicted octanol–water partition coefficient (Wildman–Crippen LogP) is 7.32. The first-order valence-corrected chi connectivity index (χ1v) is 15.8. The maximum Gasteiger partial charge on any atom is 0.245 e. The summed E-state index contributed by atoms with van der Waals surface area (Å²) in [5.41, 5.74) is 3.35. The number of halogens is 2. The Bertz CT molecular complexity index is 1410. The number of thiophene rings is 1. The fourth-order valence-corrected chi connectivity index (χ4v) is 8.11. The van der Waals surface area contributed by atoms with Gasteiger partial charge < -0.3 is 4.90 Å². The summed E-state index contributed by atoms with van der Waals surface area (Å²) in [4.78, 5) is 17.0. The number of hydrogen-bond donors (Lipinski definition) is 0. The molecule has 2 atom stereocenters. The van der Waals surface area contributed by atoms with Crippen molar-refractivity contribution in [2.75, 3.05) is 13.1 Å². The van der Waals surface area contributed by atoms with E-state index in [1.165, 1.54) is 26.9 Å². The average molecular weight is 594 g/mol. The highest BCUT2D eigenvalue weighted by atomic mass is 35.5. The van der Waals surface area contributed by atoms with Crippen molar-refractivity contribution in [2.24, 2.45) is 0 Å². The second kappa shape index (κ2) is 11.3. The zero-order chi connectivity index (χ0) is 27.8. The van der Waals surface area contributed by atoms with Crippen LogP contribution >= 0.6 is 34.5 Å². The highest BCUT2D eigenvalue weighted by Gasteiger charge is 2.37. The van der Waals surface area contributed by atoms with Crippen LogP contribution in [0.5, 0.6) is 0 Å². The lowest BCUT2D eigenvalue weighted by Crippen LogP contribution is -2.49. The fourth-order valence-electron chi connectivity index (χ4n) is 4.82. The molecule has 0 unspecified atom stereocenters. The number of benzene rings is 2. The summed E-state index contributed by atoms with van der Waals surface area (Å²) in [6.07, 6.45) is 1.28. The molecule has 0 aliphatic carbocycles. The minimum Gasteiger partial charge on any atom is -0.330 e. The van der Waals surface area contributed by atoms with Gasteiger partial charge in [-0.2, -0.15) is 4.31 Å². The van der Waals surface area contributed by atoms with Crippen molar-refractivity contribution >= 4 is 50.5 Å². The zero-order valence-corrected chi connectivity index (χ0v) is 25.5. The van der Waals surface area contributed by atoms with Crippen LogP contribution in [-0.2, 0) is 26.7 Å². The number of hydrogen-bond acceptors (Lipinski definition) is 4. The van der Waals surface area contributed by atoms with Gasteiger partial charge in [0.1, 0.15) is 4.90 Å². The quantitative estimate of drug-likeness (QED) is 0.289. The van der Waals surface area contributed by atoms with Crippen molar-refractivity contribution in [1.29, 1.82) is 0 Å². The topological polar surface area (TPSA) is 57.7 Å². The van der Waals surface area contributed by atoms with Gasteiger partial charge >= 0.3 is 0 Å². The van der Waals surface area contributed by atoms with Crippen LogP contribution in [0.15, 0.2) is 58.8 Å². The van der Waals surface area contributed by atoms with E-state index in [-0.39, 0.29) is 38.8 Å². The number of nitrogens with zero attached hydrogens (tertiary/aromatic N) is 2. The van der Waals surface area contributed by atoms with Gasteiger partial charge in [-0.1, -0.05) is 75.2 Å². The lowest BCUT2D eigenvalue weighted by atomic mass is 9.85. The van der Waals surface area contributed by atoms with Gasteiger partial charge in [0.15, 0.2) is 0 Å². The molecule has 0 saturated heterocycles. The highest BCUT2D eigenvalue weighted by molar-refractivity contribution is 7.89. The van der Waals surface area contributed by atoms with Crippen molar-refractivity contribution in [1.82, 2.24) is 9.21 Å². The number of carbonyl (C=O) groups is 1. The molecule has 1 amide bonds. The van der Waals surface area contributed by atoms with Crippen LogP contribution in [0.25, 0.3) is 0 Å². The second-order valence-electron chi connectivity index (χ2n) is 10.8. The smallest absolute Gasteiger partial charge is 0.245 e. The van der Waals surface area contributed by atoms with E-state index >= 15 is 0 Å². The van der Waals surface area contributed by atoms with Gasteiger partial charge in [-0.3, -0.25) is 4.79 Å². The van der Waals surface area contributed by atoms with Gasteiger partial charge in [-0.15, -0.1) is 11.3 Å². The first-order valence-electron chi connectivity index (χ1n) is 12.8. The summed E-state index contributed by atoms with van der Waals surface area (Å²) in [6.45, 7) is 10.5. The largest absolute Gasteiger partial charge is 0.330 e. The van der Waals surface area contributed by atoms with Gasteiger partial charge in [0.05, 0.1) is 17.6 Å². The Morgan fingerprint density at radius 2 is 1.82 bits per heavy atom. The Labute approximate surface area is 240 Å². The molecule has 1 aromatic heterocycles. The van der Waals surface area contributed by atoms with Gasteiger partial charge in [-0.25, -0.2) is 8.42 Å². The molecular weight excluding hydrogens is 559 g/mol. The molecule has 0 bridgehead atoms. The molecule has 0 N–H and O–H groups in total. The van der Waals surface area contributed by atoms with E-state index in [0.29, 0.717) is 13.0 Å². The summed E-state index contributed by atoms with van der Waals surface area (Å²) in [5.74, 6) is -0.242. The third-order valence-corrected chi connectivity index (χ3v) is 10.9. The van der Waals surface area contributed by atoms with Crippen LogP contribution in [0.1, 0.15) is 68.6 Å². The van der Waals surface area contributed by atoms with E-state index in [1.54, 1.807) is 24.3 Å². The Hall–Kier alpha value is -1.90. The number of carbonyl (C=O) groups excluding carboxylic acids is 1. The highest BCUT2D eigenvalue weighted by Crippen LogP contribution is 2.39. The molecule has 0 saturated carbocycles. The van der Waals surface area contributed by atoms with E-state index in [1.807, 2.05) is 11.8 Å². The molecule has 0 radical (unpaired) electrons. The number of sulfonamides is 1. The molecule has 0 spiro atoms. The molecule has 1 aliphatic heterocycles. The Morgan fingerprint density at radius 1 is 1.13 bits per heavy atom. The van der Waals surface area contributed by atoms with Crippen molar-refractivity contribution in [3.63, 3.8) is 0 Å². The molecule has 38 heavy (non-hydrogen) atoms. The van der Waals surface area contributed by atoms with Gasteiger partial charge in [0.25, 0.3) is 0 Å². The molecule has 204 valence electrons. The lowest BCUT2D eigenvalue weighted by Gasteiger charge is -2.38. The van der Waals surface area contributed by atoms with Crippen LogP contribution in [0.3, 0.4) is 0 Å². The van der Waals surface area contributed by atoms with E-state index in [9.17, 15) is 13.2 Å². The number of rotatable bonds is 7. The van der Waals surface area contributed by atoms with Crippen LogP contribution in [-0.4, -0.2) is 42.7 Å². The molecule has 1 aliphatic rings. The first kappa shape index (κ1) is 29.1. The number of fused-ring (bicyclic) bond motifs is 1. The monoisotopic (exact) mass is 592 g/mol. The summed E-state index contributed by atoms with van der Waals surface area (Å²) < 4.78 is 28.8. The standard InChI is InChI=1S/C29H34Cl2N2O3S2/c1-6-19(2)33(38(35,36)26-17-22(30)11-12-24(26)31)18-27(34)32-15-13-25-23(14-16-37-25)28(32)20-7-9-21(10-8-20)29(3,4)5/h7-12,14,16-17,19,28H,6,13,15,18H2,1-5H3/t19-,28-/m0/s1. The third-order valence-electron chi connectivity index (χ3n) is 7.23. The molecular formula is C29H34Cl2N2O3S2. The maximum absolute atomic E-state index is 14.0. The maximum atomic E-state index is 14.0. The minimum absolute atomic E-state index is 0.0148. The van der Waals surface area contributed by atoms with Crippen molar-refractivity contribution in [3.8, 4) is 0 Å². The van der Waals surface area contributed by atoms with E-state index < -0.39 is 16.1 Å². The van der Waals surface area contributed by atoms with Crippen LogP contribution < -0.4 is 0 Å².